The summed E-state index contributed by atoms with van der Waals surface area (Å²) in [5, 5.41) is 0. The third kappa shape index (κ3) is 2.55. The normalized spacial score (nSPS) is 13.0. The van der Waals surface area contributed by atoms with Crippen molar-refractivity contribution >= 4 is 5.57 Å². The molecule has 3 rings (SSSR count). The van der Waals surface area contributed by atoms with Crippen molar-refractivity contribution in [3.05, 3.63) is 78.4 Å². The molecule has 86 valence electrons. The number of benzene rings is 2. The summed E-state index contributed by atoms with van der Waals surface area (Å²) < 4.78 is 0. The van der Waals surface area contributed by atoms with Crippen molar-refractivity contribution in [2.45, 2.75) is 6.42 Å². The van der Waals surface area contributed by atoms with Gasteiger partial charge >= 0.3 is 0 Å². The van der Waals surface area contributed by atoms with Gasteiger partial charge in [-0.05, 0) is 28.7 Å². The molecule has 0 aliphatic heterocycles. The van der Waals surface area contributed by atoms with Crippen LogP contribution in [0.3, 0.4) is 0 Å². The van der Waals surface area contributed by atoms with Gasteiger partial charge in [-0.25, -0.2) is 0 Å². The molecule has 0 spiro atoms. The van der Waals surface area contributed by atoms with E-state index in [4.69, 9.17) is 0 Å². The minimum atomic E-state index is 0. The second-order valence-electron chi connectivity index (χ2n) is 4.24. The molecular weight excluding hydrogens is 252 g/mol. The van der Waals surface area contributed by atoms with Gasteiger partial charge in [0.15, 0.2) is 0 Å². The predicted molar refractivity (Wildman–Crippen MR) is 73.6 cm³/mol. The van der Waals surface area contributed by atoms with Gasteiger partial charge in [0.1, 0.15) is 0 Å². The molecule has 1 heteroatoms. The molecule has 0 aromatic heterocycles. The van der Waals surface area contributed by atoms with E-state index < -0.39 is 0 Å². The van der Waals surface area contributed by atoms with E-state index in [1.54, 1.807) is 0 Å². The fourth-order valence-electron chi connectivity index (χ4n) is 2.28. The maximum atomic E-state index is 2.21. The monoisotopic (exact) mass is 266 g/mol. The average molecular weight is 266 g/mol. The van der Waals surface area contributed by atoms with Crippen molar-refractivity contribution in [3.63, 3.8) is 0 Å². The number of allylic oxidation sites excluding steroid dienone is 4. The quantitative estimate of drug-likeness (QED) is 0.691. The summed E-state index contributed by atoms with van der Waals surface area (Å²) in [6.07, 6.45) is 7.60. The molecule has 0 amide bonds. The van der Waals surface area contributed by atoms with Crippen LogP contribution in [0, 0.1) is 0 Å². The Hall–Kier alpha value is -1.37. The van der Waals surface area contributed by atoms with Gasteiger partial charge in [-0.15, -0.1) is 0 Å². The van der Waals surface area contributed by atoms with E-state index in [-0.39, 0.29) is 21.7 Å². The van der Waals surface area contributed by atoms with E-state index >= 15 is 0 Å². The Kier molecular flexibility index (Phi) is 4.35. The summed E-state index contributed by atoms with van der Waals surface area (Å²) in [5.41, 5.74) is 5.37. The Bertz CT molecular complexity index is 580. The van der Waals surface area contributed by atoms with E-state index in [1.807, 2.05) is 0 Å². The molecule has 0 nitrogen and oxygen atoms in total. The van der Waals surface area contributed by atoms with Gasteiger partial charge in [0.05, 0.1) is 0 Å². The van der Waals surface area contributed by atoms with Crippen LogP contribution in [0.15, 0.2) is 72.8 Å². The Balaban J connectivity index is 0.00000120. The molecule has 0 bridgehead atoms. The fourth-order valence-corrected chi connectivity index (χ4v) is 2.28. The molecule has 0 N–H and O–H groups in total. The second-order valence-corrected chi connectivity index (χ2v) is 4.24. The van der Waals surface area contributed by atoms with Crippen molar-refractivity contribution in [1.29, 1.82) is 0 Å². The summed E-state index contributed by atoms with van der Waals surface area (Å²) in [4.78, 5) is 0. The molecule has 0 atom stereocenters. The first kappa shape index (κ1) is 13.1. The third-order valence-corrected chi connectivity index (χ3v) is 3.13. The van der Waals surface area contributed by atoms with Crippen LogP contribution in [0.5, 0.6) is 0 Å². The van der Waals surface area contributed by atoms with Gasteiger partial charge in [-0.3, -0.25) is 0 Å². The molecule has 2 aromatic rings. The zero-order chi connectivity index (χ0) is 11.5. The number of hydrogen-bond acceptors (Lipinski definition) is 0. The zero-order valence-corrected chi connectivity index (χ0v) is 11.7. The van der Waals surface area contributed by atoms with Crippen molar-refractivity contribution in [3.8, 4) is 11.1 Å². The third-order valence-electron chi connectivity index (χ3n) is 3.13. The number of hydrogen-bond donors (Lipinski definition) is 0. The first-order valence-corrected chi connectivity index (χ1v) is 5.96. The van der Waals surface area contributed by atoms with Gasteiger partial charge in [-0.2, -0.15) is 0 Å². The Labute approximate surface area is 123 Å². The molecule has 0 heterocycles. The van der Waals surface area contributed by atoms with Crippen LogP contribution in [0.4, 0.5) is 0 Å². The van der Waals surface area contributed by atoms with Crippen molar-refractivity contribution in [1.82, 2.24) is 0 Å². The Morgan fingerprint density at radius 1 is 0.722 bits per heavy atom. The summed E-state index contributed by atoms with van der Waals surface area (Å²) >= 11 is 0. The van der Waals surface area contributed by atoms with Crippen LogP contribution in [0.2, 0.25) is 0 Å². The molecule has 1 aliphatic carbocycles. The van der Waals surface area contributed by atoms with E-state index in [2.05, 4.69) is 72.8 Å². The average Bonchev–Trinajstić information content (AvgIpc) is 2.94. The maximum Gasteiger partial charge on any atom is 0 e. The van der Waals surface area contributed by atoms with Crippen molar-refractivity contribution < 1.29 is 21.7 Å². The second kappa shape index (κ2) is 5.99. The number of rotatable bonds is 2. The summed E-state index contributed by atoms with van der Waals surface area (Å²) in [6.45, 7) is 0. The van der Waals surface area contributed by atoms with E-state index in [0.717, 1.165) is 6.42 Å². The van der Waals surface area contributed by atoms with Gasteiger partial charge in [0.25, 0.3) is 0 Å². The molecule has 2 aromatic carbocycles. The first-order valence-electron chi connectivity index (χ1n) is 5.96. The van der Waals surface area contributed by atoms with Crippen molar-refractivity contribution in [2.75, 3.05) is 0 Å². The van der Waals surface area contributed by atoms with E-state index in [1.165, 1.54) is 22.3 Å². The van der Waals surface area contributed by atoms with Crippen LogP contribution >= 0.6 is 0 Å². The standard InChI is InChI=1S/C17H14.Ti/c1-2-8-14(9-3-1)16-12-6-7-13-17(16)15-10-4-5-11-15;/h1-10,12-13H,11H2;. The summed E-state index contributed by atoms with van der Waals surface area (Å²) in [5.74, 6) is 0. The summed E-state index contributed by atoms with van der Waals surface area (Å²) in [6, 6.07) is 19.2. The zero-order valence-electron chi connectivity index (χ0n) is 10.1. The summed E-state index contributed by atoms with van der Waals surface area (Å²) in [7, 11) is 0. The van der Waals surface area contributed by atoms with Crippen LogP contribution in [-0.4, -0.2) is 0 Å². The van der Waals surface area contributed by atoms with Crippen LogP contribution in [0.1, 0.15) is 12.0 Å². The molecule has 0 radical (unpaired) electrons. The van der Waals surface area contributed by atoms with Crippen molar-refractivity contribution in [2.24, 2.45) is 0 Å². The molecule has 0 unspecified atom stereocenters. The van der Waals surface area contributed by atoms with Crippen LogP contribution in [-0.2, 0) is 21.7 Å². The largest absolute Gasteiger partial charge is 0.0801 e. The maximum absolute atomic E-state index is 2.21. The van der Waals surface area contributed by atoms with Gasteiger partial charge < -0.3 is 0 Å². The van der Waals surface area contributed by atoms with Gasteiger partial charge in [0, 0.05) is 21.7 Å². The SMILES string of the molecule is C1=CCC(c2ccccc2-c2ccccc2)=C1.[Ti]. The minimum absolute atomic E-state index is 0. The Morgan fingerprint density at radius 2 is 1.39 bits per heavy atom. The van der Waals surface area contributed by atoms with Gasteiger partial charge in [-0.1, -0.05) is 72.8 Å². The van der Waals surface area contributed by atoms with Crippen LogP contribution < -0.4 is 0 Å². The minimum Gasteiger partial charge on any atom is -0.0801 e. The predicted octanol–water partition coefficient (Wildman–Crippen LogP) is 4.69. The molecule has 0 fully saturated rings. The molecular formula is C17H14Ti. The molecule has 18 heavy (non-hydrogen) atoms. The van der Waals surface area contributed by atoms with Gasteiger partial charge in [0.2, 0.25) is 0 Å². The van der Waals surface area contributed by atoms with E-state index in [9.17, 15) is 0 Å². The molecule has 1 aliphatic rings. The molecule has 0 saturated heterocycles. The topological polar surface area (TPSA) is 0 Å². The Morgan fingerprint density at radius 3 is 2.06 bits per heavy atom. The van der Waals surface area contributed by atoms with E-state index in [0.29, 0.717) is 0 Å². The smallest absolute Gasteiger partial charge is 0 e. The fraction of sp³-hybridized carbons (Fsp3) is 0.0588. The first-order chi connectivity index (χ1) is 8.45. The molecule has 0 saturated carbocycles. The van der Waals surface area contributed by atoms with Crippen LogP contribution in [0.25, 0.3) is 16.7 Å².